The van der Waals surface area contributed by atoms with Crippen molar-refractivity contribution in [2.75, 3.05) is 26.8 Å². The quantitative estimate of drug-likeness (QED) is 0.535. The molecule has 0 N–H and O–H groups in total. The number of rotatable bonds is 8. The molecule has 2 heterocycles. The minimum absolute atomic E-state index is 0. The Labute approximate surface area is 193 Å². The smallest absolute Gasteiger partial charge is 0.223 e. The van der Waals surface area contributed by atoms with Gasteiger partial charge in [-0.1, -0.05) is 36.4 Å². The average Bonchev–Trinajstić information content (AvgIpc) is 3.38. The SMILES string of the molecule is COCCCC(=O)N1Cc2ccc(-c3ccc(CCN4CCC[C@H]4C)cc3)cc2C1.Cl. The number of hydrogen-bond donors (Lipinski definition) is 0. The van der Waals surface area contributed by atoms with E-state index in [0.29, 0.717) is 13.0 Å². The highest BCUT2D eigenvalue weighted by Crippen LogP contribution is 2.29. The lowest BCUT2D eigenvalue weighted by atomic mass is 9.99. The lowest BCUT2D eigenvalue weighted by Gasteiger charge is -2.20. The second kappa shape index (κ2) is 11.1. The van der Waals surface area contributed by atoms with Crippen LogP contribution in [0.1, 0.15) is 49.3 Å². The van der Waals surface area contributed by atoms with E-state index in [4.69, 9.17) is 4.74 Å². The van der Waals surface area contributed by atoms with Crippen molar-refractivity contribution in [1.82, 2.24) is 9.80 Å². The van der Waals surface area contributed by atoms with Crippen LogP contribution in [0, 0.1) is 0 Å². The number of ether oxygens (including phenoxy) is 1. The zero-order chi connectivity index (χ0) is 20.9. The van der Waals surface area contributed by atoms with E-state index in [-0.39, 0.29) is 18.3 Å². The molecule has 2 aromatic carbocycles. The van der Waals surface area contributed by atoms with E-state index in [0.717, 1.165) is 38.5 Å². The highest BCUT2D eigenvalue weighted by Gasteiger charge is 2.23. The minimum atomic E-state index is 0. The molecule has 1 amide bonds. The molecule has 0 bridgehead atoms. The van der Waals surface area contributed by atoms with Crippen molar-refractivity contribution in [3.8, 4) is 11.1 Å². The molecule has 2 aromatic rings. The van der Waals surface area contributed by atoms with Crippen LogP contribution in [0.2, 0.25) is 0 Å². The first-order chi connectivity index (χ1) is 14.6. The van der Waals surface area contributed by atoms with Crippen LogP contribution in [0.3, 0.4) is 0 Å². The first-order valence-corrected chi connectivity index (χ1v) is 11.4. The zero-order valence-electron chi connectivity index (χ0n) is 18.8. The Kier molecular flexibility index (Phi) is 8.53. The molecule has 168 valence electrons. The van der Waals surface area contributed by atoms with Crippen molar-refractivity contribution >= 4 is 18.3 Å². The third kappa shape index (κ3) is 5.88. The summed E-state index contributed by atoms with van der Waals surface area (Å²) in [7, 11) is 1.68. The molecule has 1 atom stereocenters. The topological polar surface area (TPSA) is 32.8 Å². The maximum absolute atomic E-state index is 12.4. The molecule has 0 aliphatic carbocycles. The Hall–Kier alpha value is -1.88. The number of hydrogen-bond acceptors (Lipinski definition) is 3. The second-order valence-corrected chi connectivity index (χ2v) is 8.80. The first kappa shape index (κ1) is 23.8. The van der Waals surface area contributed by atoms with Crippen LogP contribution in [0.25, 0.3) is 11.1 Å². The van der Waals surface area contributed by atoms with E-state index in [2.05, 4.69) is 54.3 Å². The fourth-order valence-corrected chi connectivity index (χ4v) is 4.74. The summed E-state index contributed by atoms with van der Waals surface area (Å²) in [6.45, 7) is 6.85. The lowest BCUT2D eigenvalue weighted by Crippen LogP contribution is -2.28. The molecule has 0 unspecified atom stereocenters. The van der Waals surface area contributed by atoms with Gasteiger partial charge >= 0.3 is 0 Å². The average molecular weight is 443 g/mol. The standard InChI is InChI=1S/C26H34N2O2.ClH/c1-20-5-3-14-27(20)15-13-21-7-9-22(10-8-21)23-11-12-24-18-28(19-25(24)17-23)26(29)6-4-16-30-2;/h7-12,17,20H,3-6,13-16,18-19H2,1-2H3;1H/t20-;/m1./s1. The normalized spacial score (nSPS) is 18.1. The molecule has 31 heavy (non-hydrogen) atoms. The number of benzene rings is 2. The fourth-order valence-electron chi connectivity index (χ4n) is 4.74. The van der Waals surface area contributed by atoms with E-state index in [1.165, 1.54) is 47.2 Å². The van der Waals surface area contributed by atoms with Gasteiger partial charge in [-0.05, 0) is 73.0 Å². The maximum Gasteiger partial charge on any atom is 0.223 e. The van der Waals surface area contributed by atoms with Crippen LogP contribution in [0.15, 0.2) is 42.5 Å². The Bertz CT molecular complexity index is 868. The maximum atomic E-state index is 12.4. The van der Waals surface area contributed by atoms with Crippen molar-refractivity contribution < 1.29 is 9.53 Å². The van der Waals surface area contributed by atoms with Gasteiger partial charge in [-0.15, -0.1) is 12.4 Å². The molecule has 5 heteroatoms. The van der Waals surface area contributed by atoms with Gasteiger partial charge in [0.1, 0.15) is 0 Å². The predicted octanol–water partition coefficient (Wildman–Crippen LogP) is 5.07. The van der Waals surface area contributed by atoms with Gasteiger partial charge < -0.3 is 14.5 Å². The third-order valence-electron chi connectivity index (χ3n) is 6.69. The highest BCUT2D eigenvalue weighted by atomic mass is 35.5. The summed E-state index contributed by atoms with van der Waals surface area (Å²) in [6.07, 6.45) is 5.15. The summed E-state index contributed by atoms with van der Waals surface area (Å²) >= 11 is 0. The number of amides is 1. The van der Waals surface area contributed by atoms with Gasteiger partial charge in [-0.3, -0.25) is 4.79 Å². The first-order valence-electron chi connectivity index (χ1n) is 11.4. The Morgan fingerprint density at radius 2 is 1.81 bits per heavy atom. The van der Waals surface area contributed by atoms with E-state index < -0.39 is 0 Å². The molecule has 4 rings (SSSR count). The van der Waals surface area contributed by atoms with Gasteiger partial charge in [0.15, 0.2) is 0 Å². The Morgan fingerprint density at radius 1 is 1.06 bits per heavy atom. The number of fused-ring (bicyclic) bond motifs is 1. The summed E-state index contributed by atoms with van der Waals surface area (Å²) in [5, 5.41) is 0. The van der Waals surface area contributed by atoms with E-state index in [1.807, 2.05) is 4.90 Å². The van der Waals surface area contributed by atoms with Crippen molar-refractivity contribution in [2.45, 2.75) is 58.2 Å². The van der Waals surface area contributed by atoms with Gasteiger partial charge in [-0.2, -0.15) is 0 Å². The summed E-state index contributed by atoms with van der Waals surface area (Å²) in [6, 6.07) is 16.4. The van der Waals surface area contributed by atoms with Crippen LogP contribution in [-0.2, 0) is 29.0 Å². The Balaban J connectivity index is 0.00000272. The molecule has 4 nitrogen and oxygen atoms in total. The van der Waals surface area contributed by atoms with E-state index in [9.17, 15) is 4.79 Å². The third-order valence-corrected chi connectivity index (χ3v) is 6.69. The molecular formula is C26H35ClN2O2. The summed E-state index contributed by atoms with van der Waals surface area (Å²) in [5.74, 6) is 0.224. The summed E-state index contributed by atoms with van der Waals surface area (Å²) in [5.41, 5.74) is 6.45. The number of carbonyl (C=O) groups excluding carboxylic acids is 1. The van der Waals surface area contributed by atoms with Crippen LogP contribution in [0.5, 0.6) is 0 Å². The van der Waals surface area contributed by atoms with E-state index >= 15 is 0 Å². The van der Waals surface area contributed by atoms with Crippen molar-refractivity contribution in [1.29, 1.82) is 0 Å². The molecule has 0 saturated carbocycles. The van der Waals surface area contributed by atoms with Gasteiger partial charge in [0, 0.05) is 45.8 Å². The monoisotopic (exact) mass is 442 g/mol. The summed E-state index contributed by atoms with van der Waals surface area (Å²) in [4.78, 5) is 17.0. The molecule has 2 aliphatic rings. The zero-order valence-corrected chi connectivity index (χ0v) is 19.6. The predicted molar refractivity (Wildman–Crippen MR) is 128 cm³/mol. The molecule has 0 spiro atoms. The molecular weight excluding hydrogens is 408 g/mol. The molecule has 2 aliphatic heterocycles. The van der Waals surface area contributed by atoms with Crippen LogP contribution < -0.4 is 0 Å². The number of methoxy groups -OCH3 is 1. The van der Waals surface area contributed by atoms with Gasteiger partial charge in [0.2, 0.25) is 5.91 Å². The molecule has 1 fully saturated rings. The number of halogens is 1. The lowest BCUT2D eigenvalue weighted by molar-refractivity contribution is -0.132. The Morgan fingerprint density at radius 3 is 2.52 bits per heavy atom. The molecule has 0 radical (unpaired) electrons. The van der Waals surface area contributed by atoms with Crippen molar-refractivity contribution in [2.24, 2.45) is 0 Å². The second-order valence-electron chi connectivity index (χ2n) is 8.80. The largest absolute Gasteiger partial charge is 0.385 e. The van der Waals surface area contributed by atoms with Gasteiger partial charge in [0.25, 0.3) is 0 Å². The van der Waals surface area contributed by atoms with Crippen LogP contribution in [-0.4, -0.2) is 48.6 Å². The molecule has 1 saturated heterocycles. The van der Waals surface area contributed by atoms with Crippen molar-refractivity contribution in [3.63, 3.8) is 0 Å². The van der Waals surface area contributed by atoms with Gasteiger partial charge in [0.05, 0.1) is 0 Å². The number of likely N-dealkylation sites (tertiary alicyclic amines) is 1. The minimum Gasteiger partial charge on any atom is -0.385 e. The van der Waals surface area contributed by atoms with Gasteiger partial charge in [-0.25, -0.2) is 0 Å². The van der Waals surface area contributed by atoms with Crippen LogP contribution in [0.4, 0.5) is 0 Å². The molecule has 0 aromatic heterocycles. The number of carbonyl (C=O) groups is 1. The number of nitrogens with zero attached hydrogens (tertiary/aromatic N) is 2. The van der Waals surface area contributed by atoms with E-state index in [1.54, 1.807) is 7.11 Å². The van der Waals surface area contributed by atoms with Crippen LogP contribution >= 0.6 is 12.4 Å². The van der Waals surface area contributed by atoms with Crippen molar-refractivity contribution in [3.05, 3.63) is 59.2 Å². The highest BCUT2D eigenvalue weighted by molar-refractivity contribution is 5.85. The summed E-state index contributed by atoms with van der Waals surface area (Å²) < 4.78 is 5.06. The fraction of sp³-hybridized carbons (Fsp3) is 0.500.